The van der Waals surface area contributed by atoms with Gasteiger partial charge in [-0.3, -0.25) is 0 Å². The van der Waals surface area contributed by atoms with Crippen molar-refractivity contribution < 1.29 is 0 Å². The average Bonchev–Trinajstić information content (AvgIpc) is 1.82. The molecule has 0 amide bonds. The molecule has 0 aliphatic carbocycles. The molecular weight excluding hydrogens is 280 g/mol. The first-order chi connectivity index (χ1) is 4.61. The van der Waals surface area contributed by atoms with Gasteiger partial charge in [-0.2, -0.15) is 0 Å². The molecule has 0 aliphatic heterocycles. The van der Waals surface area contributed by atoms with E-state index in [4.69, 9.17) is 17.3 Å². The second kappa shape index (κ2) is 3.19. The SMILES string of the molecule is Nc1c(S)cc(I)cc1Cl. The number of thiol groups is 1. The summed E-state index contributed by atoms with van der Waals surface area (Å²) in [6.45, 7) is 0. The third-order valence-corrected chi connectivity index (χ3v) is 2.38. The summed E-state index contributed by atoms with van der Waals surface area (Å²) in [5.74, 6) is 0. The molecule has 0 aliphatic rings. The van der Waals surface area contributed by atoms with Gasteiger partial charge >= 0.3 is 0 Å². The predicted molar refractivity (Wildman–Crippen MR) is 55.8 cm³/mol. The minimum atomic E-state index is 0.547. The molecule has 1 nitrogen and oxygen atoms in total. The molecule has 0 spiro atoms. The molecule has 1 rings (SSSR count). The molecule has 0 heterocycles. The quantitative estimate of drug-likeness (QED) is 0.428. The Morgan fingerprint density at radius 1 is 1.50 bits per heavy atom. The van der Waals surface area contributed by atoms with E-state index in [2.05, 4.69) is 35.2 Å². The Balaban J connectivity index is 3.31. The molecule has 1 aromatic rings. The summed E-state index contributed by atoms with van der Waals surface area (Å²) < 4.78 is 1.04. The number of nitrogen functional groups attached to an aromatic ring is 1. The van der Waals surface area contributed by atoms with Gasteiger partial charge in [-0.15, -0.1) is 12.6 Å². The van der Waals surface area contributed by atoms with E-state index in [-0.39, 0.29) is 0 Å². The number of benzene rings is 1. The molecule has 1 aromatic carbocycles. The molecule has 0 saturated heterocycles. The maximum absolute atomic E-state index is 5.74. The molecular formula is C6H5ClINS. The Morgan fingerprint density at radius 2 is 2.10 bits per heavy atom. The van der Waals surface area contributed by atoms with Crippen molar-refractivity contribution in [1.29, 1.82) is 0 Å². The minimum Gasteiger partial charge on any atom is -0.397 e. The number of halogens is 2. The largest absolute Gasteiger partial charge is 0.397 e. The fraction of sp³-hybridized carbons (Fsp3) is 0. The summed E-state index contributed by atoms with van der Waals surface area (Å²) in [5.41, 5.74) is 6.09. The minimum absolute atomic E-state index is 0.547. The Morgan fingerprint density at radius 3 is 2.60 bits per heavy atom. The van der Waals surface area contributed by atoms with Gasteiger partial charge in [0.2, 0.25) is 0 Å². The van der Waals surface area contributed by atoms with Crippen LogP contribution in [0.3, 0.4) is 0 Å². The van der Waals surface area contributed by atoms with Gasteiger partial charge in [0.05, 0.1) is 10.7 Å². The molecule has 0 radical (unpaired) electrons. The van der Waals surface area contributed by atoms with Crippen LogP contribution in [0.2, 0.25) is 5.02 Å². The van der Waals surface area contributed by atoms with Crippen LogP contribution in [0.4, 0.5) is 5.69 Å². The monoisotopic (exact) mass is 285 g/mol. The molecule has 0 aromatic heterocycles. The zero-order valence-electron chi connectivity index (χ0n) is 4.94. The average molecular weight is 286 g/mol. The first-order valence-electron chi connectivity index (χ1n) is 2.54. The second-order valence-electron chi connectivity index (χ2n) is 1.82. The van der Waals surface area contributed by atoms with Crippen molar-refractivity contribution in [3.8, 4) is 0 Å². The zero-order valence-corrected chi connectivity index (χ0v) is 8.74. The van der Waals surface area contributed by atoms with Crippen molar-refractivity contribution >= 4 is 52.5 Å². The number of rotatable bonds is 0. The second-order valence-corrected chi connectivity index (χ2v) is 3.96. The molecule has 10 heavy (non-hydrogen) atoms. The van der Waals surface area contributed by atoms with Crippen molar-refractivity contribution in [3.05, 3.63) is 20.7 Å². The van der Waals surface area contributed by atoms with E-state index in [0.717, 1.165) is 8.47 Å². The highest BCUT2D eigenvalue weighted by Crippen LogP contribution is 2.27. The summed E-state index contributed by atoms with van der Waals surface area (Å²) in [5, 5.41) is 0.567. The van der Waals surface area contributed by atoms with Gasteiger partial charge in [0.25, 0.3) is 0 Å². The van der Waals surface area contributed by atoms with Gasteiger partial charge in [0.15, 0.2) is 0 Å². The smallest absolute Gasteiger partial charge is 0.0657 e. The summed E-state index contributed by atoms with van der Waals surface area (Å²) in [6, 6.07) is 3.67. The summed E-state index contributed by atoms with van der Waals surface area (Å²) in [4.78, 5) is 0.733. The topological polar surface area (TPSA) is 26.0 Å². The van der Waals surface area contributed by atoms with E-state index in [1.54, 1.807) is 6.07 Å². The number of hydrogen-bond acceptors (Lipinski definition) is 2. The predicted octanol–water partition coefficient (Wildman–Crippen LogP) is 2.82. The molecule has 4 heteroatoms. The molecule has 0 bridgehead atoms. The van der Waals surface area contributed by atoms with Crippen molar-refractivity contribution in [3.63, 3.8) is 0 Å². The van der Waals surface area contributed by atoms with Crippen LogP contribution in [0.15, 0.2) is 17.0 Å². The van der Waals surface area contributed by atoms with Crippen LogP contribution in [0, 0.1) is 3.57 Å². The van der Waals surface area contributed by atoms with Gasteiger partial charge in [-0.1, -0.05) is 11.6 Å². The molecule has 0 unspecified atom stereocenters. The van der Waals surface area contributed by atoms with Crippen LogP contribution in [-0.2, 0) is 0 Å². The van der Waals surface area contributed by atoms with E-state index < -0.39 is 0 Å². The molecule has 0 saturated carbocycles. The standard InChI is InChI=1S/C6H5ClINS/c7-4-1-3(8)2-5(10)6(4)9/h1-2,10H,9H2. The van der Waals surface area contributed by atoms with Crippen LogP contribution in [0.25, 0.3) is 0 Å². The van der Waals surface area contributed by atoms with Crippen molar-refractivity contribution in [2.24, 2.45) is 0 Å². The van der Waals surface area contributed by atoms with E-state index in [1.807, 2.05) is 6.07 Å². The first-order valence-corrected chi connectivity index (χ1v) is 4.45. The lowest BCUT2D eigenvalue weighted by atomic mass is 10.3. The maximum atomic E-state index is 5.74. The molecule has 0 fully saturated rings. The Labute approximate surface area is 83.5 Å². The fourth-order valence-electron chi connectivity index (χ4n) is 0.571. The number of hydrogen-bond donors (Lipinski definition) is 2. The van der Waals surface area contributed by atoms with Crippen LogP contribution in [0.5, 0.6) is 0 Å². The normalized spacial score (nSPS) is 9.90. The lowest BCUT2D eigenvalue weighted by Crippen LogP contribution is -1.88. The summed E-state index contributed by atoms with van der Waals surface area (Å²) in [7, 11) is 0. The van der Waals surface area contributed by atoms with E-state index >= 15 is 0 Å². The van der Waals surface area contributed by atoms with E-state index in [0.29, 0.717) is 10.7 Å². The van der Waals surface area contributed by atoms with Crippen LogP contribution < -0.4 is 5.73 Å². The molecule has 54 valence electrons. The lowest BCUT2D eigenvalue weighted by molar-refractivity contribution is 1.44. The highest BCUT2D eigenvalue weighted by molar-refractivity contribution is 14.1. The van der Waals surface area contributed by atoms with Crippen molar-refractivity contribution in [1.82, 2.24) is 0 Å². The van der Waals surface area contributed by atoms with Crippen molar-refractivity contribution in [2.45, 2.75) is 4.90 Å². The fourth-order valence-corrected chi connectivity index (χ4v) is 2.17. The van der Waals surface area contributed by atoms with Crippen molar-refractivity contribution in [2.75, 3.05) is 5.73 Å². The van der Waals surface area contributed by atoms with Crippen LogP contribution in [0.1, 0.15) is 0 Å². The molecule has 0 atom stereocenters. The van der Waals surface area contributed by atoms with Gasteiger partial charge in [-0.25, -0.2) is 0 Å². The lowest BCUT2D eigenvalue weighted by Gasteiger charge is -2.01. The van der Waals surface area contributed by atoms with Crippen LogP contribution >= 0.6 is 46.8 Å². The third kappa shape index (κ3) is 1.71. The number of anilines is 1. The Bertz CT molecular complexity index is 241. The van der Waals surface area contributed by atoms with E-state index in [1.165, 1.54) is 0 Å². The van der Waals surface area contributed by atoms with Crippen LogP contribution in [-0.4, -0.2) is 0 Å². The van der Waals surface area contributed by atoms with E-state index in [9.17, 15) is 0 Å². The maximum Gasteiger partial charge on any atom is 0.0657 e. The third-order valence-electron chi connectivity index (χ3n) is 1.07. The van der Waals surface area contributed by atoms with Gasteiger partial charge in [0.1, 0.15) is 0 Å². The van der Waals surface area contributed by atoms with Gasteiger partial charge < -0.3 is 5.73 Å². The first kappa shape index (κ1) is 8.49. The summed E-state index contributed by atoms with van der Waals surface area (Å²) in [6.07, 6.45) is 0. The number of nitrogens with two attached hydrogens (primary N) is 1. The Kier molecular flexibility index (Phi) is 2.71. The highest BCUT2D eigenvalue weighted by Gasteiger charge is 2.00. The molecule has 2 N–H and O–H groups in total. The highest BCUT2D eigenvalue weighted by atomic mass is 127. The zero-order chi connectivity index (χ0) is 7.72. The Hall–Kier alpha value is 0.390. The summed E-state index contributed by atoms with van der Waals surface area (Å²) >= 11 is 12.0. The van der Waals surface area contributed by atoms with Gasteiger partial charge in [-0.05, 0) is 34.7 Å². The van der Waals surface area contributed by atoms with Gasteiger partial charge in [0, 0.05) is 8.47 Å².